The van der Waals surface area contributed by atoms with Crippen molar-refractivity contribution in [1.29, 1.82) is 0 Å². The van der Waals surface area contributed by atoms with Gasteiger partial charge in [-0.3, -0.25) is 4.79 Å². The maximum absolute atomic E-state index is 12.2. The van der Waals surface area contributed by atoms with Gasteiger partial charge in [0.1, 0.15) is 31.0 Å². The minimum atomic E-state index is -1.42. The number of ether oxygens (including phenoxy) is 3. The highest BCUT2D eigenvalue weighted by molar-refractivity contribution is 5.69. The Morgan fingerprint density at radius 3 is 2.32 bits per heavy atom. The molecule has 0 aromatic rings. The van der Waals surface area contributed by atoms with Gasteiger partial charge in [0.25, 0.3) is 0 Å². The SMILES string of the molecule is CCCCCCC(=O)OCC1O[C@@H](O[C@H]2CCC3(C)C4CCC5(C)C([C@H](C)CCCC(C)C)CC[C@H]5[C@@H]4CC[C@H]3C2)C(O)[C@@H](O)[C@H]1O. The summed E-state index contributed by atoms with van der Waals surface area (Å²) in [5.74, 6) is 5.26. The molecule has 5 fully saturated rings. The van der Waals surface area contributed by atoms with Crippen LogP contribution in [0.15, 0.2) is 0 Å². The molecule has 0 radical (unpaired) electrons. The van der Waals surface area contributed by atoms with Crippen LogP contribution >= 0.6 is 0 Å². The van der Waals surface area contributed by atoms with Gasteiger partial charge in [0.05, 0.1) is 6.10 Å². The van der Waals surface area contributed by atoms with E-state index < -0.39 is 30.7 Å². The average molecular weight is 663 g/mol. The van der Waals surface area contributed by atoms with E-state index in [9.17, 15) is 20.1 Å². The number of hydrogen-bond acceptors (Lipinski definition) is 7. The Bertz CT molecular complexity index is 1000. The van der Waals surface area contributed by atoms with Gasteiger partial charge in [0, 0.05) is 6.42 Å². The number of rotatable bonds is 14. The second-order valence-corrected chi connectivity index (χ2v) is 17.7. The summed E-state index contributed by atoms with van der Waals surface area (Å²) in [7, 11) is 0. The zero-order valence-corrected chi connectivity index (χ0v) is 30.7. The fourth-order valence-corrected chi connectivity index (χ4v) is 11.7. The molecule has 7 nitrogen and oxygen atoms in total. The van der Waals surface area contributed by atoms with E-state index in [0.717, 1.165) is 80.5 Å². The van der Waals surface area contributed by atoms with Crippen molar-refractivity contribution in [2.45, 2.75) is 188 Å². The Morgan fingerprint density at radius 1 is 0.830 bits per heavy atom. The van der Waals surface area contributed by atoms with Gasteiger partial charge in [0.2, 0.25) is 0 Å². The zero-order valence-electron chi connectivity index (χ0n) is 30.7. The number of esters is 1. The van der Waals surface area contributed by atoms with E-state index in [1.54, 1.807) is 0 Å². The van der Waals surface area contributed by atoms with Gasteiger partial charge < -0.3 is 29.5 Å². The van der Waals surface area contributed by atoms with Gasteiger partial charge in [-0.25, -0.2) is 0 Å². The summed E-state index contributed by atoms with van der Waals surface area (Å²) in [4.78, 5) is 12.2. The molecule has 5 aliphatic rings. The van der Waals surface area contributed by atoms with Crippen molar-refractivity contribution >= 4 is 5.97 Å². The van der Waals surface area contributed by atoms with Crippen molar-refractivity contribution in [2.75, 3.05) is 6.61 Å². The molecule has 4 aliphatic carbocycles. The number of aliphatic hydroxyl groups excluding tert-OH is 3. The Labute approximate surface area is 286 Å². The summed E-state index contributed by atoms with van der Waals surface area (Å²) in [6.45, 7) is 14.5. The summed E-state index contributed by atoms with van der Waals surface area (Å²) >= 11 is 0. The van der Waals surface area contributed by atoms with E-state index in [0.29, 0.717) is 23.2 Å². The molecule has 0 amide bonds. The smallest absolute Gasteiger partial charge is 0.305 e. The highest BCUT2D eigenvalue weighted by Gasteiger charge is 2.61. The molecule has 272 valence electrons. The lowest BCUT2D eigenvalue weighted by atomic mass is 9.44. The van der Waals surface area contributed by atoms with Crippen molar-refractivity contribution in [2.24, 2.45) is 52.3 Å². The third-order valence-electron chi connectivity index (χ3n) is 14.5. The summed E-state index contributed by atoms with van der Waals surface area (Å²) in [6.07, 6.45) is 13.3. The molecule has 6 unspecified atom stereocenters. The molecular formula is C40H70O7. The molecule has 7 heteroatoms. The first-order valence-corrected chi connectivity index (χ1v) is 19.9. The van der Waals surface area contributed by atoms with Gasteiger partial charge in [-0.15, -0.1) is 0 Å². The lowest BCUT2D eigenvalue weighted by Crippen LogP contribution is -2.60. The summed E-state index contributed by atoms with van der Waals surface area (Å²) in [6, 6.07) is 0. The standard InChI is InChI=1S/C40H70O7/c1-7-8-9-10-14-34(41)45-24-33-35(42)36(43)37(44)38(47-33)46-28-19-21-39(5)27(23-28)15-16-29-31-18-17-30(26(4)13-11-12-25(2)3)40(31,6)22-20-32(29)39/h25-33,35-38,42-44H,7-24H2,1-6H3/t26-,27+,28+,29+,30?,31+,32?,33?,35+,36+,37?,38-,39?,40?/m1/s1. The highest BCUT2D eigenvalue weighted by Crippen LogP contribution is 2.68. The largest absolute Gasteiger partial charge is 0.463 e. The third kappa shape index (κ3) is 8.10. The van der Waals surface area contributed by atoms with Gasteiger partial charge in [-0.1, -0.05) is 80.1 Å². The Morgan fingerprint density at radius 2 is 1.57 bits per heavy atom. The number of aliphatic hydroxyl groups is 3. The van der Waals surface area contributed by atoms with Crippen LogP contribution in [0.4, 0.5) is 0 Å². The number of hydrogen-bond donors (Lipinski definition) is 3. The molecule has 3 N–H and O–H groups in total. The zero-order chi connectivity index (χ0) is 33.9. The monoisotopic (exact) mass is 663 g/mol. The maximum atomic E-state index is 12.2. The molecule has 0 spiro atoms. The molecule has 0 aromatic carbocycles. The predicted octanol–water partition coefficient (Wildman–Crippen LogP) is 7.81. The second-order valence-electron chi connectivity index (χ2n) is 17.7. The third-order valence-corrected chi connectivity index (χ3v) is 14.5. The predicted molar refractivity (Wildman–Crippen MR) is 184 cm³/mol. The van der Waals surface area contributed by atoms with Gasteiger partial charge in [-0.2, -0.15) is 0 Å². The average Bonchev–Trinajstić information content (AvgIpc) is 3.40. The topological polar surface area (TPSA) is 105 Å². The van der Waals surface area contributed by atoms with Gasteiger partial charge >= 0.3 is 5.97 Å². The summed E-state index contributed by atoms with van der Waals surface area (Å²) in [5, 5.41) is 32.1. The molecular weight excluding hydrogens is 592 g/mol. The first-order chi connectivity index (χ1) is 22.4. The molecule has 1 saturated heterocycles. The van der Waals surface area contributed by atoms with E-state index in [4.69, 9.17) is 14.2 Å². The number of carbonyl (C=O) groups excluding carboxylic acids is 1. The van der Waals surface area contributed by atoms with E-state index in [-0.39, 0.29) is 18.7 Å². The number of unbranched alkanes of at least 4 members (excludes halogenated alkanes) is 3. The maximum Gasteiger partial charge on any atom is 0.305 e. The molecule has 0 aromatic heterocycles. The molecule has 5 rings (SSSR count). The normalized spacial score (nSPS) is 44.0. The lowest BCUT2D eigenvalue weighted by Gasteiger charge is -2.61. The molecule has 0 bridgehead atoms. The minimum absolute atomic E-state index is 0.0649. The summed E-state index contributed by atoms with van der Waals surface area (Å²) < 4.78 is 17.8. The van der Waals surface area contributed by atoms with Crippen LogP contribution in [-0.2, 0) is 19.0 Å². The quantitative estimate of drug-likeness (QED) is 0.0990. The minimum Gasteiger partial charge on any atom is -0.463 e. The second kappa shape index (κ2) is 16.1. The molecule has 4 saturated carbocycles. The Kier molecular flexibility index (Phi) is 12.8. The van der Waals surface area contributed by atoms with Crippen molar-refractivity contribution < 1.29 is 34.3 Å². The van der Waals surface area contributed by atoms with Gasteiger partial charge in [-0.05, 0) is 116 Å². The van der Waals surface area contributed by atoms with Crippen molar-refractivity contribution in [1.82, 2.24) is 0 Å². The first-order valence-electron chi connectivity index (χ1n) is 19.9. The Balaban J connectivity index is 1.15. The van der Waals surface area contributed by atoms with Gasteiger partial charge in [0.15, 0.2) is 6.29 Å². The molecule has 1 aliphatic heterocycles. The van der Waals surface area contributed by atoms with E-state index in [1.807, 2.05) is 0 Å². The van der Waals surface area contributed by atoms with Crippen LogP contribution in [0.3, 0.4) is 0 Å². The first kappa shape index (κ1) is 37.5. The summed E-state index contributed by atoms with van der Waals surface area (Å²) in [5.41, 5.74) is 0.822. The number of carbonyl (C=O) groups is 1. The van der Waals surface area contributed by atoms with E-state index in [1.165, 1.54) is 57.8 Å². The van der Waals surface area contributed by atoms with Crippen LogP contribution in [0.5, 0.6) is 0 Å². The van der Waals surface area contributed by atoms with E-state index >= 15 is 0 Å². The van der Waals surface area contributed by atoms with Crippen molar-refractivity contribution in [3.05, 3.63) is 0 Å². The molecule has 1 heterocycles. The fraction of sp³-hybridized carbons (Fsp3) is 0.975. The van der Waals surface area contributed by atoms with Crippen molar-refractivity contribution in [3.63, 3.8) is 0 Å². The molecule has 47 heavy (non-hydrogen) atoms. The molecule has 14 atom stereocenters. The van der Waals surface area contributed by atoms with Crippen LogP contribution in [-0.4, -0.2) is 64.7 Å². The van der Waals surface area contributed by atoms with Crippen molar-refractivity contribution in [3.8, 4) is 0 Å². The fourth-order valence-electron chi connectivity index (χ4n) is 11.7. The lowest BCUT2D eigenvalue weighted by molar-refractivity contribution is -0.317. The van der Waals surface area contributed by atoms with Crippen LogP contribution in [0.2, 0.25) is 0 Å². The number of fused-ring (bicyclic) bond motifs is 5. The Hall–Kier alpha value is -0.730. The van der Waals surface area contributed by atoms with Crippen LogP contribution in [0.25, 0.3) is 0 Å². The van der Waals surface area contributed by atoms with Crippen LogP contribution in [0.1, 0.15) is 151 Å². The highest BCUT2D eigenvalue weighted by atomic mass is 16.7. The van der Waals surface area contributed by atoms with Crippen LogP contribution in [0, 0.1) is 52.3 Å². The van der Waals surface area contributed by atoms with E-state index in [2.05, 4.69) is 41.5 Å². The van der Waals surface area contributed by atoms with Crippen LogP contribution < -0.4 is 0 Å².